The van der Waals surface area contributed by atoms with Gasteiger partial charge in [-0.25, -0.2) is 0 Å². The highest BCUT2D eigenvalue weighted by atomic mass is 16.5. The number of fused-ring (bicyclic) bond motifs is 2. The third-order valence-electron chi connectivity index (χ3n) is 5.56. The van der Waals surface area contributed by atoms with Gasteiger partial charge in [-0.05, 0) is 43.1 Å². The molecule has 2 N–H and O–H groups in total. The summed E-state index contributed by atoms with van der Waals surface area (Å²) in [4.78, 5) is 12.7. The van der Waals surface area contributed by atoms with Crippen LogP contribution in [-0.4, -0.2) is 36.2 Å². The van der Waals surface area contributed by atoms with Crippen LogP contribution in [0.1, 0.15) is 39.5 Å². The van der Waals surface area contributed by atoms with E-state index in [0.29, 0.717) is 24.3 Å². The molecule has 0 heterocycles. The van der Waals surface area contributed by atoms with Crippen molar-refractivity contribution in [1.82, 2.24) is 5.32 Å². The molecule has 0 aromatic heterocycles. The summed E-state index contributed by atoms with van der Waals surface area (Å²) in [7, 11) is 0. The van der Waals surface area contributed by atoms with Crippen LogP contribution in [0.5, 0.6) is 0 Å². The van der Waals surface area contributed by atoms with Crippen LogP contribution in [-0.2, 0) is 9.53 Å². The first kappa shape index (κ1) is 16.7. The summed E-state index contributed by atoms with van der Waals surface area (Å²) in [6, 6.07) is 0.324. The van der Waals surface area contributed by atoms with Crippen molar-refractivity contribution in [2.75, 3.05) is 13.2 Å². The number of hydrogen-bond donors (Lipinski definition) is 2. The van der Waals surface area contributed by atoms with Crippen LogP contribution in [0.4, 0.5) is 0 Å². The molecule has 4 nitrogen and oxygen atoms in total. The summed E-state index contributed by atoms with van der Waals surface area (Å²) >= 11 is 0. The van der Waals surface area contributed by atoms with E-state index in [-0.39, 0.29) is 18.3 Å². The number of carbonyl (C=O) groups is 1. The third-order valence-corrected chi connectivity index (χ3v) is 5.56. The van der Waals surface area contributed by atoms with Gasteiger partial charge in [0.15, 0.2) is 5.76 Å². The van der Waals surface area contributed by atoms with E-state index in [1.165, 1.54) is 25.7 Å². The lowest BCUT2D eigenvalue weighted by Gasteiger charge is -2.29. The van der Waals surface area contributed by atoms with E-state index in [0.717, 1.165) is 11.8 Å². The fraction of sp³-hybridized carbons (Fsp3) is 0.737. The van der Waals surface area contributed by atoms with Crippen LogP contribution in [0.15, 0.2) is 24.0 Å². The Labute approximate surface area is 139 Å². The Morgan fingerprint density at radius 2 is 2.17 bits per heavy atom. The lowest BCUT2D eigenvalue weighted by molar-refractivity contribution is -0.124. The quantitative estimate of drug-likeness (QED) is 0.757. The zero-order chi connectivity index (χ0) is 16.4. The molecule has 5 unspecified atom stereocenters. The van der Waals surface area contributed by atoms with Gasteiger partial charge in [0.2, 0.25) is 5.78 Å². The van der Waals surface area contributed by atoms with Crippen molar-refractivity contribution in [3.63, 3.8) is 0 Å². The van der Waals surface area contributed by atoms with E-state index in [1.807, 2.05) is 19.9 Å². The number of ketones is 1. The van der Waals surface area contributed by atoms with Crippen molar-refractivity contribution in [2.24, 2.45) is 23.7 Å². The number of aliphatic hydroxyl groups is 1. The van der Waals surface area contributed by atoms with Crippen LogP contribution in [0.25, 0.3) is 0 Å². The summed E-state index contributed by atoms with van der Waals surface area (Å²) in [5.74, 6) is 2.57. The van der Waals surface area contributed by atoms with Gasteiger partial charge in [-0.2, -0.15) is 0 Å². The second-order valence-electron chi connectivity index (χ2n) is 7.67. The van der Waals surface area contributed by atoms with Crippen LogP contribution < -0.4 is 5.32 Å². The third kappa shape index (κ3) is 3.86. The maximum absolute atomic E-state index is 12.7. The number of nitrogens with one attached hydrogen (secondary N) is 1. The van der Waals surface area contributed by atoms with Crippen molar-refractivity contribution in [2.45, 2.75) is 51.7 Å². The Balaban J connectivity index is 1.52. The van der Waals surface area contributed by atoms with Gasteiger partial charge in [0.1, 0.15) is 12.7 Å². The number of carbonyl (C=O) groups excluding carboxylic acids is 1. The number of ether oxygens (including phenoxy) is 1. The van der Waals surface area contributed by atoms with Crippen LogP contribution in [0.2, 0.25) is 0 Å². The van der Waals surface area contributed by atoms with E-state index < -0.39 is 6.10 Å². The molecule has 3 aliphatic rings. The Kier molecular flexibility index (Phi) is 5.22. The first-order chi connectivity index (χ1) is 11.0. The van der Waals surface area contributed by atoms with Gasteiger partial charge < -0.3 is 15.2 Å². The largest absolute Gasteiger partial charge is 0.487 e. The molecule has 0 aromatic rings. The van der Waals surface area contributed by atoms with Crippen LogP contribution in [0.3, 0.4) is 0 Å². The molecule has 0 aromatic carbocycles. The van der Waals surface area contributed by atoms with E-state index in [2.05, 4.69) is 11.4 Å². The predicted molar refractivity (Wildman–Crippen MR) is 89.8 cm³/mol. The Hall–Kier alpha value is -1.13. The van der Waals surface area contributed by atoms with Crippen molar-refractivity contribution < 1.29 is 14.6 Å². The Morgan fingerprint density at radius 1 is 1.35 bits per heavy atom. The molecule has 3 rings (SSSR count). The molecule has 4 heteroatoms. The van der Waals surface area contributed by atoms with E-state index in [9.17, 15) is 9.90 Å². The van der Waals surface area contributed by atoms with Gasteiger partial charge >= 0.3 is 0 Å². The summed E-state index contributed by atoms with van der Waals surface area (Å²) in [5, 5.41) is 13.1. The monoisotopic (exact) mass is 319 g/mol. The fourth-order valence-electron chi connectivity index (χ4n) is 4.40. The standard InChI is InChI=1S/C19H29NO3/c1-12(2)20-10-15(21)11-23-18-5-3-4-16(19(18)22)17-9-13-6-7-14(17)8-13/h3-5,12-17,20-21H,6-11H2,1-2H3. The Morgan fingerprint density at radius 3 is 2.83 bits per heavy atom. The van der Waals surface area contributed by atoms with Crippen LogP contribution >= 0.6 is 0 Å². The Bertz CT molecular complexity index is 497. The molecule has 0 spiro atoms. The van der Waals surface area contributed by atoms with Crippen molar-refractivity contribution in [3.8, 4) is 0 Å². The number of hydrogen-bond acceptors (Lipinski definition) is 4. The van der Waals surface area contributed by atoms with E-state index in [4.69, 9.17) is 4.74 Å². The smallest absolute Gasteiger partial charge is 0.204 e. The maximum Gasteiger partial charge on any atom is 0.204 e. The molecular weight excluding hydrogens is 290 g/mol. The number of allylic oxidation sites excluding steroid dienone is 4. The number of aliphatic hydroxyl groups excluding tert-OH is 1. The molecule has 23 heavy (non-hydrogen) atoms. The topological polar surface area (TPSA) is 58.6 Å². The second-order valence-corrected chi connectivity index (χ2v) is 7.67. The number of rotatable bonds is 7. The average Bonchev–Trinajstić information content (AvgIpc) is 3.15. The number of Topliss-reactive ketones (excluding diaryl/α,β-unsaturated/α-hetero) is 1. The lowest BCUT2D eigenvalue weighted by atomic mass is 9.76. The van der Waals surface area contributed by atoms with Gasteiger partial charge in [-0.15, -0.1) is 0 Å². The predicted octanol–water partition coefficient (Wildman–Crippen LogP) is 2.44. The van der Waals surface area contributed by atoms with Crippen molar-refractivity contribution in [3.05, 3.63) is 24.0 Å². The molecule has 2 saturated carbocycles. The molecule has 0 saturated heterocycles. The van der Waals surface area contributed by atoms with Crippen molar-refractivity contribution >= 4 is 5.78 Å². The second kappa shape index (κ2) is 7.18. The zero-order valence-corrected chi connectivity index (χ0v) is 14.2. The zero-order valence-electron chi connectivity index (χ0n) is 14.2. The molecule has 0 aliphatic heterocycles. The summed E-state index contributed by atoms with van der Waals surface area (Å²) in [5.41, 5.74) is 0. The normalized spacial score (nSPS) is 34.1. The molecule has 5 atom stereocenters. The maximum atomic E-state index is 12.7. The average molecular weight is 319 g/mol. The van der Waals surface area contributed by atoms with E-state index in [1.54, 1.807) is 6.08 Å². The lowest BCUT2D eigenvalue weighted by Crippen LogP contribution is -2.35. The van der Waals surface area contributed by atoms with Gasteiger partial charge in [0.05, 0.1) is 0 Å². The first-order valence-electron chi connectivity index (χ1n) is 9.01. The van der Waals surface area contributed by atoms with Crippen molar-refractivity contribution in [1.29, 1.82) is 0 Å². The molecule has 128 valence electrons. The summed E-state index contributed by atoms with van der Waals surface area (Å²) in [6.07, 6.45) is 10.3. The van der Waals surface area contributed by atoms with Gasteiger partial charge in [0, 0.05) is 18.5 Å². The minimum atomic E-state index is -0.599. The SMILES string of the molecule is CC(C)NCC(O)COC1=CC=CC(C2CC3CCC2C3)C1=O. The van der Waals surface area contributed by atoms with Gasteiger partial charge in [0.25, 0.3) is 0 Å². The highest BCUT2D eigenvalue weighted by Crippen LogP contribution is 2.52. The minimum Gasteiger partial charge on any atom is -0.487 e. The van der Waals surface area contributed by atoms with Gasteiger partial charge in [-0.3, -0.25) is 4.79 Å². The molecule has 0 amide bonds. The van der Waals surface area contributed by atoms with Crippen LogP contribution in [0, 0.1) is 23.7 Å². The molecule has 0 radical (unpaired) electrons. The molecule has 2 bridgehead atoms. The molecular formula is C19H29NO3. The first-order valence-corrected chi connectivity index (χ1v) is 9.01. The summed E-state index contributed by atoms with van der Waals surface area (Å²) < 4.78 is 5.63. The van der Waals surface area contributed by atoms with E-state index >= 15 is 0 Å². The minimum absolute atomic E-state index is 0.0174. The highest BCUT2D eigenvalue weighted by molar-refractivity contribution is 5.98. The fourth-order valence-corrected chi connectivity index (χ4v) is 4.40. The molecule has 3 aliphatic carbocycles. The molecule has 2 fully saturated rings. The van der Waals surface area contributed by atoms with Gasteiger partial charge in [-0.1, -0.05) is 32.4 Å². The summed E-state index contributed by atoms with van der Waals surface area (Å²) in [6.45, 7) is 4.70. The highest BCUT2D eigenvalue weighted by Gasteiger charge is 2.45.